The van der Waals surface area contributed by atoms with Crippen LogP contribution in [0.15, 0.2) is 24.3 Å². The Morgan fingerprint density at radius 2 is 2.37 bits per heavy atom. The first-order chi connectivity index (χ1) is 9.24. The molecule has 2 atom stereocenters. The lowest BCUT2D eigenvalue weighted by Crippen LogP contribution is -2.41. The summed E-state index contributed by atoms with van der Waals surface area (Å²) in [5.74, 6) is 2.36. The normalized spacial score (nSPS) is 21.9. The summed E-state index contributed by atoms with van der Waals surface area (Å²) in [4.78, 5) is 12.2. The Labute approximate surface area is 113 Å². The molecule has 0 saturated carbocycles. The number of amides is 1. The fourth-order valence-electron chi connectivity index (χ4n) is 2.20. The second-order valence-electron chi connectivity index (χ2n) is 4.52. The lowest BCUT2D eigenvalue weighted by molar-refractivity contribution is -0.120. The molecule has 0 radical (unpaired) electrons. The molecular formula is C15H18N2O2. The molecule has 4 nitrogen and oxygen atoms in total. The molecule has 4 heteroatoms. The Bertz CT molecular complexity index is 493. The van der Waals surface area contributed by atoms with Gasteiger partial charge in [-0.15, -0.1) is 6.42 Å². The molecule has 1 aliphatic rings. The summed E-state index contributed by atoms with van der Waals surface area (Å²) in [5, 5.41) is 6.16. The second-order valence-corrected chi connectivity index (χ2v) is 4.52. The highest BCUT2D eigenvalue weighted by molar-refractivity contribution is 5.93. The highest BCUT2D eigenvalue weighted by Crippen LogP contribution is 2.17. The van der Waals surface area contributed by atoms with E-state index in [1.54, 1.807) is 6.07 Å². The fraction of sp³-hybridized carbons (Fsp3) is 0.400. The summed E-state index contributed by atoms with van der Waals surface area (Å²) >= 11 is 0. The van der Waals surface area contributed by atoms with Gasteiger partial charge >= 0.3 is 0 Å². The van der Waals surface area contributed by atoms with Crippen LogP contribution in [0.3, 0.4) is 0 Å². The van der Waals surface area contributed by atoms with Crippen molar-refractivity contribution in [3.63, 3.8) is 0 Å². The van der Waals surface area contributed by atoms with E-state index in [0.717, 1.165) is 17.8 Å². The molecule has 0 aliphatic carbocycles. The average molecular weight is 258 g/mol. The number of rotatable bonds is 4. The highest BCUT2D eigenvalue weighted by atomic mass is 16.5. The molecule has 0 spiro atoms. The topological polar surface area (TPSA) is 50.4 Å². The molecule has 100 valence electrons. The molecule has 0 bridgehead atoms. The summed E-state index contributed by atoms with van der Waals surface area (Å²) in [6, 6.07) is 7.36. The van der Waals surface area contributed by atoms with Gasteiger partial charge in [0, 0.05) is 17.3 Å². The van der Waals surface area contributed by atoms with E-state index in [9.17, 15) is 4.79 Å². The van der Waals surface area contributed by atoms with E-state index in [-0.39, 0.29) is 17.9 Å². The van der Waals surface area contributed by atoms with Crippen molar-refractivity contribution in [2.75, 3.05) is 25.1 Å². The number of terminal acetylenes is 1. The van der Waals surface area contributed by atoms with E-state index >= 15 is 0 Å². The molecule has 0 aromatic heterocycles. The van der Waals surface area contributed by atoms with Gasteiger partial charge in [0.1, 0.15) is 0 Å². The van der Waals surface area contributed by atoms with Crippen LogP contribution in [0.2, 0.25) is 0 Å². The van der Waals surface area contributed by atoms with Gasteiger partial charge in [0.15, 0.2) is 0 Å². The summed E-state index contributed by atoms with van der Waals surface area (Å²) in [6.07, 6.45) is 5.34. The van der Waals surface area contributed by atoms with Crippen LogP contribution in [0.1, 0.15) is 12.5 Å². The Balaban J connectivity index is 2.02. The molecule has 1 heterocycles. The molecule has 1 saturated heterocycles. The lowest BCUT2D eigenvalue weighted by Gasteiger charge is -2.17. The lowest BCUT2D eigenvalue weighted by atomic mass is 10.0. The Morgan fingerprint density at radius 3 is 3.11 bits per heavy atom. The zero-order valence-electron chi connectivity index (χ0n) is 11.0. The number of hydrogen-bond donors (Lipinski definition) is 2. The van der Waals surface area contributed by atoms with Crippen LogP contribution in [0, 0.1) is 18.3 Å². The van der Waals surface area contributed by atoms with Crippen LogP contribution in [-0.2, 0) is 9.53 Å². The van der Waals surface area contributed by atoms with E-state index in [1.807, 2.05) is 25.1 Å². The largest absolute Gasteiger partial charge is 0.379 e. The van der Waals surface area contributed by atoms with Crippen LogP contribution in [-0.4, -0.2) is 31.7 Å². The highest BCUT2D eigenvalue weighted by Gasteiger charge is 2.33. The fourth-order valence-corrected chi connectivity index (χ4v) is 2.20. The van der Waals surface area contributed by atoms with Crippen molar-refractivity contribution < 1.29 is 9.53 Å². The van der Waals surface area contributed by atoms with Crippen molar-refractivity contribution in [2.45, 2.75) is 13.0 Å². The van der Waals surface area contributed by atoms with Crippen molar-refractivity contribution in [1.29, 1.82) is 0 Å². The average Bonchev–Trinajstić information content (AvgIpc) is 2.88. The Kier molecular flexibility index (Phi) is 4.56. The third-order valence-electron chi connectivity index (χ3n) is 3.18. The Hall–Kier alpha value is -1.83. The minimum Gasteiger partial charge on any atom is -0.379 e. The number of carbonyl (C=O) groups excluding carboxylic acids is 1. The molecule has 1 fully saturated rings. The second kappa shape index (κ2) is 6.37. The number of nitrogens with one attached hydrogen (secondary N) is 2. The first-order valence-electron chi connectivity index (χ1n) is 6.43. The number of anilines is 1. The van der Waals surface area contributed by atoms with Gasteiger partial charge in [-0.1, -0.05) is 18.9 Å². The summed E-state index contributed by atoms with van der Waals surface area (Å²) in [5.41, 5.74) is 1.48. The van der Waals surface area contributed by atoms with Crippen LogP contribution in [0.25, 0.3) is 0 Å². The smallest absolute Gasteiger partial charge is 0.231 e. The first-order valence-corrected chi connectivity index (χ1v) is 6.43. The first kappa shape index (κ1) is 13.6. The van der Waals surface area contributed by atoms with Crippen molar-refractivity contribution in [1.82, 2.24) is 5.32 Å². The molecule has 1 amide bonds. The molecule has 2 N–H and O–H groups in total. The number of likely N-dealkylation sites (N-methyl/N-ethyl adjacent to an activating group) is 1. The zero-order valence-corrected chi connectivity index (χ0v) is 11.0. The molecule has 1 aliphatic heterocycles. The minimum absolute atomic E-state index is 0.0300. The Morgan fingerprint density at radius 1 is 1.53 bits per heavy atom. The maximum absolute atomic E-state index is 12.2. The van der Waals surface area contributed by atoms with Gasteiger partial charge in [-0.2, -0.15) is 0 Å². The molecule has 1 aromatic rings. The third kappa shape index (κ3) is 3.34. The van der Waals surface area contributed by atoms with Crippen LogP contribution < -0.4 is 10.6 Å². The van der Waals surface area contributed by atoms with Crippen LogP contribution in [0.5, 0.6) is 0 Å². The van der Waals surface area contributed by atoms with Gasteiger partial charge in [-0.3, -0.25) is 4.79 Å². The number of benzene rings is 1. The van der Waals surface area contributed by atoms with Crippen molar-refractivity contribution >= 4 is 11.6 Å². The maximum Gasteiger partial charge on any atom is 0.231 e. The number of ether oxygens (including phenoxy) is 1. The molecule has 1 aromatic carbocycles. The van der Waals surface area contributed by atoms with Gasteiger partial charge in [0.2, 0.25) is 5.91 Å². The predicted molar refractivity (Wildman–Crippen MR) is 74.8 cm³/mol. The molecule has 2 rings (SSSR count). The van der Waals surface area contributed by atoms with Crippen molar-refractivity contribution in [3.8, 4) is 12.3 Å². The summed E-state index contributed by atoms with van der Waals surface area (Å²) < 4.78 is 5.37. The van der Waals surface area contributed by atoms with E-state index in [0.29, 0.717) is 13.2 Å². The summed E-state index contributed by atoms with van der Waals surface area (Å²) in [7, 11) is 0. The molecule has 2 unspecified atom stereocenters. The summed E-state index contributed by atoms with van der Waals surface area (Å²) in [6.45, 7) is 3.88. The van der Waals surface area contributed by atoms with Crippen molar-refractivity contribution in [2.24, 2.45) is 5.92 Å². The monoisotopic (exact) mass is 258 g/mol. The number of carbonyl (C=O) groups is 1. The maximum atomic E-state index is 12.2. The van der Waals surface area contributed by atoms with E-state index < -0.39 is 0 Å². The van der Waals surface area contributed by atoms with Gasteiger partial charge in [0.25, 0.3) is 0 Å². The SMILES string of the molecule is C#Cc1cccc(NC(=O)C2COCC2NCC)c1. The van der Waals surface area contributed by atoms with Crippen molar-refractivity contribution in [3.05, 3.63) is 29.8 Å². The van der Waals surface area contributed by atoms with E-state index in [4.69, 9.17) is 11.2 Å². The minimum atomic E-state index is -0.158. The van der Waals surface area contributed by atoms with Gasteiger partial charge in [-0.05, 0) is 24.7 Å². The van der Waals surface area contributed by atoms with Crippen LogP contribution >= 0.6 is 0 Å². The quantitative estimate of drug-likeness (QED) is 0.799. The molecule has 19 heavy (non-hydrogen) atoms. The van der Waals surface area contributed by atoms with Gasteiger partial charge in [0.05, 0.1) is 19.1 Å². The third-order valence-corrected chi connectivity index (χ3v) is 3.18. The van der Waals surface area contributed by atoms with E-state index in [2.05, 4.69) is 16.6 Å². The van der Waals surface area contributed by atoms with E-state index in [1.165, 1.54) is 0 Å². The number of hydrogen-bond acceptors (Lipinski definition) is 3. The molecular weight excluding hydrogens is 240 g/mol. The predicted octanol–water partition coefficient (Wildman–Crippen LogP) is 1.23. The van der Waals surface area contributed by atoms with Gasteiger partial charge in [-0.25, -0.2) is 0 Å². The van der Waals surface area contributed by atoms with Crippen LogP contribution in [0.4, 0.5) is 5.69 Å². The zero-order chi connectivity index (χ0) is 13.7. The van der Waals surface area contributed by atoms with Gasteiger partial charge < -0.3 is 15.4 Å². The standard InChI is InChI=1S/C15H18N2O2/c1-3-11-6-5-7-12(8-11)17-15(18)13-9-19-10-14(13)16-4-2/h1,5-8,13-14,16H,4,9-10H2,2H3,(H,17,18).